The van der Waals surface area contributed by atoms with Crippen molar-refractivity contribution in [2.45, 2.75) is 43.0 Å². The van der Waals surface area contributed by atoms with E-state index in [-0.39, 0.29) is 6.04 Å². The summed E-state index contributed by atoms with van der Waals surface area (Å²) in [5.74, 6) is 0.936. The monoisotopic (exact) mass is 283 g/mol. The number of nitrogens with two attached hydrogens (primary N) is 1. The molecule has 0 aliphatic rings. The Kier molecular flexibility index (Phi) is 8.23. The Bertz CT molecular complexity index is 354. The lowest BCUT2D eigenvalue weighted by Crippen LogP contribution is -2.22. The summed E-state index contributed by atoms with van der Waals surface area (Å²) in [7, 11) is 0. The van der Waals surface area contributed by atoms with Crippen molar-refractivity contribution in [3.05, 3.63) is 41.9 Å². The van der Waals surface area contributed by atoms with E-state index in [0.717, 1.165) is 28.5 Å². The standard InChI is InChI=1S/C15H22ClNS/c1-2-3-4-5-6-9-13(17)12-18-15-11-8-7-10-14(15)16/h2,7-8,10-11,13H,1,3-6,9,12,17H2. The van der Waals surface area contributed by atoms with Crippen molar-refractivity contribution >= 4 is 23.4 Å². The molecular weight excluding hydrogens is 262 g/mol. The predicted octanol–water partition coefficient (Wildman–Crippen LogP) is 4.90. The van der Waals surface area contributed by atoms with Gasteiger partial charge in [0.15, 0.2) is 0 Å². The zero-order valence-corrected chi connectivity index (χ0v) is 12.3. The first-order valence-corrected chi connectivity index (χ1v) is 7.84. The van der Waals surface area contributed by atoms with E-state index >= 15 is 0 Å². The Hall–Kier alpha value is -0.440. The molecule has 1 unspecified atom stereocenters. The first-order valence-electron chi connectivity index (χ1n) is 6.48. The average Bonchev–Trinajstić information content (AvgIpc) is 2.37. The van der Waals surface area contributed by atoms with Gasteiger partial charge in [-0.2, -0.15) is 0 Å². The van der Waals surface area contributed by atoms with E-state index in [0.29, 0.717) is 0 Å². The molecule has 1 aromatic rings. The molecule has 0 radical (unpaired) electrons. The van der Waals surface area contributed by atoms with E-state index in [2.05, 4.69) is 6.58 Å². The molecule has 0 fully saturated rings. The Labute approximate surface area is 120 Å². The first-order chi connectivity index (χ1) is 8.74. The van der Waals surface area contributed by atoms with Crippen LogP contribution in [0.1, 0.15) is 32.1 Å². The van der Waals surface area contributed by atoms with Gasteiger partial charge in [0.05, 0.1) is 5.02 Å². The lowest BCUT2D eigenvalue weighted by Gasteiger charge is -2.11. The third-order valence-electron chi connectivity index (χ3n) is 2.77. The summed E-state index contributed by atoms with van der Waals surface area (Å²) in [6.45, 7) is 3.72. The highest BCUT2D eigenvalue weighted by molar-refractivity contribution is 7.99. The molecule has 3 heteroatoms. The fraction of sp³-hybridized carbons (Fsp3) is 0.467. The van der Waals surface area contributed by atoms with Gasteiger partial charge in [0.2, 0.25) is 0 Å². The van der Waals surface area contributed by atoms with Gasteiger partial charge in [-0.1, -0.05) is 42.7 Å². The minimum absolute atomic E-state index is 0.259. The molecule has 1 rings (SSSR count). The second kappa shape index (κ2) is 9.48. The molecule has 1 atom stereocenters. The maximum atomic E-state index is 6.10. The van der Waals surface area contributed by atoms with E-state index < -0.39 is 0 Å². The number of hydrogen-bond donors (Lipinski definition) is 1. The van der Waals surface area contributed by atoms with Crippen molar-refractivity contribution in [1.29, 1.82) is 0 Å². The normalized spacial score (nSPS) is 12.3. The van der Waals surface area contributed by atoms with Crippen LogP contribution in [-0.2, 0) is 0 Å². The molecular formula is C15H22ClNS. The van der Waals surface area contributed by atoms with Gasteiger partial charge in [0, 0.05) is 16.7 Å². The van der Waals surface area contributed by atoms with Gasteiger partial charge in [0.1, 0.15) is 0 Å². The van der Waals surface area contributed by atoms with Gasteiger partial charge in [-0.25, -0.2) is 0 Å². The van der Waals surface area contributed by atoms with Crippen LogP contribution in [0.15, 0.2) is 41.8 Å². The average molecular weight is 284 g/mol. The zero-order valence-electron chi connectivity index (χ0n) is 10.8. The molecule has 0 saturated heterocycles. The highest BCUT2D eigenvalue weighted by atomic mass is 35.5. The number of halogens is 1. The number of benzene rings is 1. The summed E-state index contributed by atoms with van der Waals surface area (Å²) >= 11 is 7.85. The van der Waals surface area contributed by atoms with E-state index in [1.54, 1.807) is 11.8 Å². The molecule has 0 aliphatic heterocycles. The van der Waals surface area contributed by atoms with Crippen molar-refractivity contribution in [3.8, 4) is 0 Å². The SMILES string of the molecule is C=CCCCCCC(N)CSc1ccccc1Cl. The Morgan fingerprint density at radius 3 is 2.78 bits per heavy atom. The minimum atomic E-state index is 0.259. The zero-order chi connectivity index (χ0) is 13.2. The van der Waals surface area contributed by atoms with Gasteiger partial charge in [-0.05, 0) is 31.4 Å². The fourth-order valence-electron chi connectivity index (χ4n) is 1.71. The summed E-state index contributed by atoms with van der Waals surface area (Å²) in [5, 5.41) is 0.820. The van der Waals surface area contributed by atoms with Crippen molar-refractivity contribution in [2.75, 3.05) is 5.75 Å². The third-order valence-corrected chi connectivity index (χ3v) is 4.48. The topological polar surface area (TPSA) is 26.0 Å². The molecule has 0 amide bonds. The van der Waals surface area contributed by atoms with E-state index in [1.165, 1.54) is 19.3 Å². The molecule has 2 N–H and O–H groups in total. The molecule has 0 saturated carbocycles. The Balaban J connectivity index is 2.15. The molecule has 1 aromatic carbocycles. The molecule has 0 aromatic heterocycles. The number of hydrogen-bond acceptors (Lipinski definition) is 2. The van der Waals surface area contributed by atoms with Crippen molar-refractivity contribution in [3.63, 3.8) is 0 Å². The number of rotatable bonds is 9. The van der Waals surface area contributed by atoms with Crippen molar-refractivity contribution in [1.82, 2.24) is 0 Å². The maximum Gasteiger partial charge on any atom is 0.0541 e. The highest BCUT2D eigenvalue weighted by Crippen LogP contribution is 2.27. The molecule has 1 nitrogen and oxygen atoms in total. The van der Waals surface area contributed by atoms with Crippen LogP contribution in [0.25, 0.3) is 0 Å². The summed E-state index contributed by atoms with van der Waals surface area (Å²) in [4.78, 5) is 1.13. The number of unbranched alkanes of at least 4 members (excludes halogenated alkanes) is 3. The second-order valence-electron chi connectivity index (χ2n) is 4.43. The van der Waals surface area contributed by atoms with Crippen LogP contribution in [0.5, 0.6) is 0 Å². The van der Waals surface area contributed by atoms with Crippen LogP contribution in [0.3, 0.4) is 0 Å². The summed E-state index contributed by atoms with van der Waals surface area (Å²) in [6, 6.07) is 8.19. The predicted molar refractivity (Wildman–Crippen MR) is 83.4 cm³/mol. The van der Waals surface area contributed by atoms with Crippen LogP contribution in [0, 0.1) is 0 Å². The van der Waals surface area contributed by atoms with Crippen LogP contribution >= 0.6 is 23.4 Å². The van der Waals surface area contributed by atoms with Crippen molar-refractivity contribution in [2.24, 2.45) is 5.73 Å². The molecule has 100 valence electrons. The van der Waals surface area contributed by atoms with Crippen LogP contribution in [0.4, 0.5) is 0 Å². The van der Waals surface area contributed by atoms with Crippen LogP contribution < -0.4 is 5.73 Å². The molecule has 0 spiro atoms. The van der Waals surface area contributed by atoms with Gasteiger partial charge in [-0.15, -0.1) is 18.3 Å². The van der Waals surface area contributed by atoms with E-state index in [4.69, 9.17) is 17.3 Å². The van der Waals surface area contributed by atoms with Gasteiger partial charge >= 0.3 is 0 Å². The quantitative estimate of drug-likeness (QED) is 0.396. The maximum absolute atomic E-state index is 6.10. The number of thioether (sulfide) groups is 1. The van der Waals surface area contributed by atoms with Crippen molar-refractivity contribution < 1.29 is 0 Å². The Morgan fingerprint density at radius 1 is 1.28 bits per heavy atom. The molecule has 18 heavy (non-hydrogen) atoms. The van der Waals surface area contributed by atoms with Gasteiger partial charge < -0.3 is 5.73 Å². The van der Waals surface area contributed by atoms with E-state index in [1.807, 2.05) is 30.3 Å². The smallest absolute Gasteiger partial charge is 0.0541 e. The molecule has 0 heterocycles. The summed E-state index contributed by atoms with van der Waals surface area (Å²) in [6.07, 6.45) is 7.87. The molecule has 0 aliphatic carbocycles. The first kappa shape index (κ1) is 15.6. The third kappa shape index (κ3) is 6.48. The van der Waals surface area contributed by atoms with E-state index in [9.17, 15) is 0 Å². The lowest BCUT2D eigenvalue weighted by molar-refractivity contribution is 0.587. The number of allylic oxidation sites excluding steroid dienone is 1. The molecule has 0 bridgehead atoms. The highest BCUT2D eigenvalue weighted by Gasteiger charge is 2.05. The van der Waals surface area contributed by atoms with Gasteiger partial charge in [0.25, 0.3) is 0 Å². The Morgan fingerprint density at radius 2 is 2.06 bits per heavy atom. The van der Waals surface area contributed by atoms with Crippen LogP contribution in [-0.4, -0.2) is 11.8 Å². The largest absolute Gasteiger partial charge is 0.327 e. The minimum Gasteiger partial charge on any atom is -0.327 e. The second-order valence-corrected chi connectivity index (χ2v) is 5.90. The summed E-state index contributed by atoms with van der Waals surface area (Å²) < 4.78 is 0. The summed E-state index contributed by atoms with van der Waals surface area (Å²) in [5.41, 5.74) is 6.10. The lowest BCUT2D eigenvalue weighted by atomic mass is 10.1. The van der Waals surface area contributed by atoms with Crippen LogP contribution in [0.2, 0.25) is 5.02 Å². The fourth-order valence-corrected chi connectivity index (χ4v) is 2.95. The van der Waals surface area contributed by atoms with Gasteiger partial charge in [-0.3, -0.25) is 0 Å².